The molecule has 0 aliphatic carbocycles. The Balaban J connectivity index is 2.95. The second-order valence-corrected chi connectivity index (χ2v) is 4.50. The van der Waals surface area contributed by atoms with Crippen LogP contribution in [0, 0.1) is 11.6 Å². The zero-order valence-corrected chi connectivity index (χ0v) is 10.6. The molecule has 18 heavy (non-hydrogen) atoms. The fourth-order valence-corrected chi connectivity index (χ4v) is 1.70. The maximum absolute atomic E-state index is 13.4. The summed E-state index contributed by atoms with van der Waals surface area (Å²) in [6.07, 6.45) is 1.18. The van der Waals surface area contributed by atoms with Gasteiger partial charge in [-0.2, -0.15) is 0 Å². The summed E-state index contributed by atoms with van der Waals surface area (Å²) in [5.41, 5.74) is 4.36. The fraction of sp³-hybridized carbons (Fsp3) is 0.462. The number of carbonyl (C=O) groups is 1. The number of nitrogens with one attached hydrogen (secondary N) is 1. The quantitative estimate of drug-likeness (QED) is 0.848. The van der Waals surface area contributed by atoms with E-state index in [9.17, 15) is 13.6 Å². The summed E-state index contributed by atoms with van der Waals surface area (Å²) >= 11 is 0. The highest BCUT2D eigenvalue weighted by Crippen LogP contribution is 2.17. The van der Waals surface area contributed by atoms with E-state index in [0.717, 1.165) is 12.1 Å². The molecule has 0 aromatic heterocycles. The van der Waals surface area contributed by atoms with Crippen molar-refractivity contribution >= 4 is 5.91 Å². The molecule has 0 heterocycles. The molecule has 1 atom stereocenters. The lowest BCUT2D eigenvalue weighted by Gasteiger charge is -2.29. The van der Waals surface area contributed by atoms with Crippen LogP contribution in [0.5, 0.6) is 0 Å². The largest absolute Gasteiger partial charge is 0.347 e. The molecule has 1 aromatic rings. The lowest BCUT2D eigenvalue weighted by atomic mass is 9.94. The smallest absolute Gasteiger partial charge is 0.257 e. The van der Waals surface area contributed by atoms with Gasteiger partial charge in [0.1, 0.15) is 17.2 Å². The normalized spacial score (nSPS) is 14.1. The molecule has 100 valence electrons. The molecule has 1 aromatic carbocycles. The SMILES string of the molecule is CCC(C)(CCN)NC(=O)c1c(F)cccc1F. The van der Waals surface area contributed by atoms with Gasteiger partial charge in [-0.1, -0.05) is 13.0 Å². The lowest BCUT2D eigenvalue weighted by molar-refractivity contribution is 0.0891. The van der Waals surface area contributed by atoms with Gasteiger partial charge >= 0.3 is 0 Å². The standard InChI is InChI=1S/C13H18F2N2O/c1-3-13(2,7-8-16)17-12(18)11-9(14)5-4-6-10(11)15/h4-6H,3,7-8,16H2,1-2H3,(H,17,18). The highest BCUT2D eigenvalue weighted by Gasteiger charge is 2.26. The van der Waals surface area contributed by atoms with Crippen molar-refractivity contribution < 1.29 is 13.6 Å². The van der Waals surface area contributed by atoms with Crippen molar-refractivity contribution in [1.29, 1.82) is 0 Å². The van der Waals surface area contributed by atoms with E-state index in [1.807, 2.05) is 6.92 Å². The molecule has 1 rings (SSSR count). The number of halogens is 2. The zero-order chi connectivity index (χ0) is 13.8. The Labute approximate surface area is 105 Å². The maximum Gasteiger partial charge on any atom is 0.257 e. The second kappa shape index (κ2) is 5.91. The lowest BCUT2D eigenvalue weighted by Crippen LogP contribution is -2.47. The van der Waals surface area contributed by atoms with Gasteiger partial charge in [-0.25, -0.2) is 8.78 Å². The molecule has 0 fully saturated rings. The van der Waals surface area contributed by atoms with Crippen molar-refractivity contribution in [3.8, 4) is 0 Å². The fourth-order valence-electron chi connectivity index (χ4n) is 1.70. The number of amides is 1. The van der Waals surface area contributed by atoms with Crippen molar-refractivity contribution in [2.24, 2.45) is 5.73 Å². The molecular weight excluding hydrogens is 238 g/mol. The summed E-state index contributed by atoms with van der Waals surface area (Å²) in [5, 5.41) is 2.64. The van der Waals surface area contributed by atoms with E-state index in [4.69, 9.17) is 5.73 Å². The predicted octanol–water partition coefficient (Wildman–Crippen LogP) is 2.21. The van der Waals surface area contributed by atoms with Crippen LogP contribution in [0.25, 0.3) is 0 Å². The Morgan fingerprint density at radius 1 is 1.39 bits per heavy atom. The van der Waals surface area contributed by atoms with Crippen LogP contribution < -0.4 is 11.1 Å². The molecule has 3 N–H and O–H groups in total. The van der Waals surface area contributed by atoms with E-state index in [2.05, 4.69) is 5.32 Å². The van der Waals surface area contributed by atoms with Gasteiger partial charge in [0.25, 0.3) is 5.91 Å². The molecule has 0 saturated heterocycles. The predicted molar refractivity (Wildman–Crippen MR) is 66.2 cm³/mol. The molecule has 5 heteroatoms. The summed E-state index contributed by atoms with van der Waals surface area (Å²) in [5.74, 6) is -2.47. The highest BCUT2D eigenvalue weighted by atomic mass is 19.1. The van der Waals surface area contributed by atoms with Crippen LogP contribution in [0.2, 0.25) is 0 Å². The van der Waals surface area contributed by atoms with Gasteiger partial charge in [-0.15, -0.1) is 0 Å². The minimum absolute atomic E-state index is 0.393. The number of carbonyl (C=O) groups excluding carboxylic acids is 1. The van der Waals surface area contributed by atoms with E-state index in [0.29, 0.717) is 19.4 Å². The Morgan fingerprint density at radius 2 is 1.94 bits per heavy atom. The summed E-state index contributed by atoms with van der Waals surface area (Å²) in [6, 6.07) is 3.34. The zero-order valence-electron chi connectivity index (χ0n) is 10.6. The molecule has 0 bridgehead atoms. The third-order valence-corrected chi connectivity index (χ3v) is 3.08. The third-order valence-electron chi connectivity index (χ3n) is 3.08. The summed E-state index contributed by atoms with van der Waals surface area (Å²) in [7, 11) is 0. The molecule has 3 nitrogen and oxygen atoms in total. The number of benzene rings is 1. The number of nitrogens with two attached hydrogens (primary N) is 1. The highest BCUT2D eigenvalue weighted by molar-refractivity contribution is 5.95. The van der Waals surface area contributed by atoms with Crippen molar-refractivity contribution in [1.82, 2.24) is 5.32 Å². The summed E-state index contributed by atoms with van der Waals surface area (Å²) < 4.78 is 26.9. The maximum atomic E-state index is 13.4. The Bertz CT molecular complexity index is 417. The Hall–Kier alpha value is -1.49. The van der Waals surface area contributed by atoms with Crippen LogP contribution in [0.3, 0.4) is 0 Å². The Kier molecular flexibility index (Phi) is 4.78. The summed E-state index contributed by atoms with van der Waals surface area (Å²) in [6.45, 7) is 4.08. The molecule has 0 radical (unpaired) electrons. The first-order valence-corrected chi connectivity index (χ1v) is 5.90. The monoisotopic (exact) mass is 256 g/mol. The molecule has 1 unspecified atom stereocenters. The van der Waals surface area contributed by atoms with E-state index in [1.165, 1.54) is 6.07 Å². The van der Waals surface area contributed by atoms with Crippen LogP contribution in [-0.2, 0) is 0 Å². The van der Waals surface area contributed by atoms with Crippen molar-refractivity contribution in [3.63, 3.8) is 0 Å². The topological polar surface area (TPSA) is 55.1 Å². The first kappa shape index (κ1) is 14.6. The van der Waals surface area contributed by atoms with E-state index in [-0.39, 0.29) is 0 Å². The number of hydrogen-bond acceptors (Lipinski definition) is 2. The third kappa shape index (κ3) is 3.26. The van der Waals surface area contributed by atoms with Gasteiger partial charge in [0.05, 0.1) is 0 Å². The van der Waals surface area contributed by atoms with Crippen molar-refractivity contribution in [2.45, 2.75) is 32.2 Å². The van der Waals surface area contributed by atoms with Crippen LogP contribution in [0.15, 0.2) is 18.2 Å². The van der Waals surface area contributed by atoms with E-state index in [1.54, 1.807) is 6.92 Å². The number of hydrogen-bond donors (Lipinski definition) is 2. The van der Waals surface area contributed by atoms with Crippen LogP contribution in [-0.4, -0.2) is 18.0 Å². The minimum atomic E-state index is -0.862. The number of rotatable bonds is 5. The molecule has 0 saturated carbocycles. The van der Waals surface area contributed by atoms with Gasteiger partial charge < -0.3 is 11.1 Å². The Morgan fingerprint density at radius 3 is 2.39 bits per heavy atom. The average molecular weight is 256 g/mol. The van der Waals surface area contributed by atoms with E-state index < -0.39 is 28.6 Å². The van der Waals surface area contributed by atoms with Gasteiger partial charge in [0.2, 0.25) is 0 Å². The minimum Gasteiger partial charge on any atom is -0.347 e. The van der Waals surface area contributed by atoms with Crippen molar-refractivity contribution in [2.75, 3.05) is 6.54 Å². The van der Waals surface area contributed by atoms with E-state index >= 15 is 0 Å². The summed E-state index contributed by atoms with van der Waals surface area (Å²) in [4.78, 5) is 11.9. The van der Waals surface area contributed by atoms with Gasteiger partial charge in [-0.3, -0.25) is 4.79 Å². The van der Waals surface area contributed by atoms with Gasteiger partial charge in [0, 0.05) is 5.54 Å². The first-order chi connectivity index (χ1) is 8.43. The van der Waals surface area contributed by atoms with Crippen molar-refractivity contribution in [3.05, 3.63) is 35.4 Å². The van der Waals surface area contributed by atoms with Gasteiger partial charge in [0.15, 0.2) is 0 Å². The second-order valence-electron chi connectivity index (χ2n) is 4.50. The van der Waals surface area contributed by atoms with Gasteiger partial charge in [-0.05, 0) is 38.4 Å². The average Bonchev–Trinajstić information content (AvgIpc) is 2.29. The first-order valence-electron chi connectivity index (χ1n) is 5.90. The molecule has 0 spiro atoms. The molecule has 1 amide bonds. The molecule has 0 aliphatic rings. The van der Waals surface area contributed by atoms with Crippen LogP contribution in [0.1, 0.15) is 37.0 Å². The van der Waals surface area contributed by atoms with Crippen LogP contribution in [0.4, 0.5) is 8.78 Å². The molecule has 0 aliphatic heterocycles. The van der Waals surface area contributed by atoms with Crippen LogP contribution >= 0.6 is 0 Å². The molecular formula is C13H18F2N2O.